The van der Waals surface area contributed by atoms with E-state index in [2.05, 4.69) is 19.9 Å². The van der Waals surface area contributed by atoms with Crippen molar-refractivity contribution in [3.8, 4) is 11.4 Å². The molecular formula is C20H22N6O. The summed E-state index contributed by atoms with van der Waals surface area (Å²) in [6, 6.07) is 11.9. The number of amides is 1. The van der Waals surface area contributed by atoms with Crippen LogP contribution in [-0.2, 0) is 11.2 Å². The molecule has 0 radical (unpaired) electrons. The fourth-order valence-corrected chi connectivity index (χ4v) is 3.26. The summed E-state index contributed by atoms with van der Waals surface area (Å²) in [5, 5.41) is 0. The minimum atomic E-state index is 0.192. The van der Waals surface area contributed by atoms with Crippen LogP contribution in [-0.4, -0.2) is 56.9 Å². The van der Waals surface area contributed by atoms with Crippen LogP contribution in [0.15, 0.2) is 55.1 Å². The van der Waals surface area contributed by atoms with E-state index in [1.807, 2.05) is 41.3 Å². The van der Waals surface area contributed by atoms with E-state index >= 15 is 0 Å². The van der Waals surface area contributed by atoms with Gasteiger partial charge in [-0.15, -0.1) is 0 Å². The minimum absolute atomic E-state index is 0.192. The second-order valence-electron chi connectivity index (χ2n) is 6.55. The number of imidazole rings is 1. The van der Waals surface area contributed by atoms with Gasteiger partial charge >= 0.3 is 0 Å². The van der Waals surface area contributed by atoms with E-state index in [1.54, 1.807) is 18.7 Å². The molecule has 138 valence electrons. The minimum Gasteiger partial charge on any atom is -0.353 e. The smallest absolute Gasteiger partial charge is 0.223 e. The van der Waals surface area contributed by atoms with Crippen molar-refractivity contribution in [3.05, 3.63) is 60.8 Å². The average molecular weight is 362 g/mol. The van der Waals surface area contributed by atoms with E-state index in [1.165, 1.54) is 0 Å². The number of carbonyl (C=O) groups is 1. The molecule has 0 saturated carbocycles. The van der Waals surface area contributed by atoms with Crippen molar-refractivity contribution in [1.82, 2.24) is 24.8 Å². The standard InChI is InChI=1S/C20H22N6O/c27-19(7-6-17-14-21-15-23-17)26-12-10-25(11-13-26)18-8-9-22-20(24-18)16-4-2-1-3-5-16/h1-5,8-9,14-15H,6-7,10-13H2,(H,21,23). The van der Waals surface area contributed by atoms with Crippen LogP contribution in [0.4, 0.5) is 5.82 Å². The SMILES string of the molecule is O=C(CCc1cnc[nH]1)N1CCN(c2ccnc(-c3ccccc3)n2)CC1. The molecular weight excluding hydrogens is 340 g/mol. The van der Waals surface area contributed by atoms with Crippen molar-refractivity contribution < 1.29 is 4.79 Å². The molecule has 0 aliphatic carbocycles. The Morgan fingerprint density at radius 2 is 1.89 bits per heavy atom. The first-order chi connectivity index (χ1) is 13.3. The number of nitrogens with zero attached hydrogens (tertiary/aromatic N) is 5. The number of benzene rings is 1. The largest absolute Gasteiger partial charge is 0.353 e. The van der Waals surface area contributed by atoms with Crippen LogP contribution in [0, 0.1) is 0 Å². The lowest BCUT2D eigenvalue weighted by atomic mass is 10.2. The van der Waals surface area contributed by atoms with Gasteiger partial charge in [0.15, 0.2) is 5.82 Å². The number of nitrogens with one attached hydrogen (secondary N) is 1. The third-order valence-electron chi connectivity index (χ3n) is 4.79. The van der Waals surface area contributed by atoms with Crippen molar-refractivity contribution in [2.75, 3.05) is 31.1 Å². The van der Waals surface area contributed by atoms with E-state index in [4.69, 9.17) is 4.98 Å². The number of H-pyrrole nitrogens is 1. The second kappa shape index (κ2) is 7.99. The lowest BCUT2D eigenvalue weighted by molar-refractivity contribution is -0.131. The molecule has 1 aromatic carbocycles. The monoisotopic (exact) mass is 362 g/mol. The first-order valence-corrected chi connectivity index (χ1v) is 9.18. The lowest BCUT2D eigenvalue weighted by Crippen LogP contribution is -2.49. The molecule has 3 aromatic rings. The van der Waals surface area contributed by atoms with Crippen LogP contribution in [0.1, 0.15) is 12.1 Å². The normalized spacial score (nSPS) is 14.4. The predicted octanol–water partition coefficient (Wildman–Crippen LogP) is 2.15. The fraction of sp³-hybridized carbons (Fsp3) is 0.300. The molecule has 27 heavy (non-hydrogen) atoms. The zero-order valence-corrected chi connectivity index (χ0v) is 15.1. The Morgan fingerprint density at radius 3 is 2.63 bits per heavy atom. The van der Waals surface area contributed by atoms with Crippen molar-refractivity contribution in [2.45, 2.75) is 12.8 Å². The molecule has 1 N–H and O–H groups in total. The zero-order valence-electron chi connectivity index (χ0n) is 15.1. The Hall–Kier alpha value is -3.22. The summed E-state index contributed by atoms with van der Waals surface area (Å²) >= 11 is 0. The van der Waals surface area contributed by atoms with E-state index in [-0.39, 0.29) is 5.91 Å². The fourth-order valence-electron chi connectivity index (χ4n) is 3.26. The molecule has 1 saturated heterocycles. The first kappa shape index (κ1) is 17.2. The van der Waals surface area contributed by atoms with Crippen LogP contribution in [0.5, 0.6) is 0 Å². The zero-order chi connectivity index (χ0) is 18.5. The maximum atomic E-state index is 12.4. The topological polar surface area (TPSA) is 78.0 Å². The molecule has 1 fully saturated rings. The molecule has 1 aliphatic heterocycles. The van der Waals surface area contributed by atoms with Gasteiger partial charge in [-0.05, 0) is 12.5 Å². The van der Waals surface area contributed by atoms with Crippen molar-refractivity contribution in [3.63, 3.8) is 0 Å². The molecule has 3 heterocycles. The highest BCUT2D eigenvalue weighted by atomic mass is 16.2. The van der Waals surface area contributed by atoms with Crippen molar-refractivity contribution in [1.29, 1.82) is 0 Å². The number of carbonyl (C=O) groups excluding carboxylic acids is 1. The quantitative estimate of drug-likeness (QED) is 0.752. The highest BCUT2D eigenvalue weighted by Gasteiger charge is 2.22. The summed E-state index contributed by atoms with van der Waals surface area (Å²) < 4.78 is 0. The number of piperazine rings is 1. The molecule has 0 bridgehead atoms. The van der Waals surface area contributed by atoms with Gasteiger partial charge in [0, 0.05) is 56.3 Å². The number of aryl methyl sites for hydroxylation is 1. The molecule has 0 atom stereocenters. The molecule has 7 nitrogen and oxygen atoms in total. The molecule has 2 aromatic heterocycles. The Balaban J connectivity index is 1.34. The Kier molecular flexibility index (Phi) is 5.09. The van der Waals surface area contributed by atoms with Crippen LogP contribution < -0.4 is 4.90 Å². The molecule has 7 heteroatoms. The van der Waals surface area contributed by atoms with Gasteiger partial charge in [-0.2, -0.15) is 0 Å². The van der Waals surface area contributed by atoms with Crippen LogP contribution in [0.25, 0.3) is 11.4 Å². The van der Waals surface area contributed by atoms with Crippen molar-refractivity contribution in [2.24, 2.45) is 0 Å². The number of aromatic amines is 1. The van der Waals surface area contributed by atoms with Gasteiger partial charge in [0.2, 0.25) is 5.91 Å². The van der Waals surface area contributed by atoms with Crippen LogP contribution in [0.2, 0.25) is 0 Å². The summed E-state index contributed by atoms with van der Waals surface area (Å²) in [4.78, 5) is 32.7. The lowest BCUT2D eigenvalue weighted by Gasteiger charge is -2.35. The number of hydrogen-bond acceptors (Lipinski definition) is 5. The molecule has 1 amide bonds. The van der Waals surface area contributed by atoms with E-state index < -0.39 is 0 Å². The Labute approximate surface area is 158 Å². The summed E-state index contributed by atoms with van der Waals surface area (Å²) in [6.07, 6.45) is 6.42. The number of hydrogen-bond donors (Lipinski definition) is 1. The van der Waals surface area contributed by atoms with Gasteiger partial charge in [0.25, 0.3) is 0 Å². The molecule has 0 spiro atoms. The van der Waals surface area contributed by atoms with Gasteiger partial charge in [0.05, 0.1) is 6.33 Å². The van der Waals surface area contributed by atoms with Gasteiger partial charge in [0.1, 0.15) is 5.82 Å². The number of rotatable bonds is 5. The van der Waals surface area contributed by atoms with Gasteiger partial charge < -0.3 is 14.8 Å². The molecule has 0 unspecified atom stereocenters. The summed E-state index contributed by atoms with van der Waals surface area (Å²) in [7, 11) is 0. The Morgan fingerprint density at radius 1 is 1.07 bits per heavy atom. The Bertz CT molecular complexity index is 873. The summed E-state index contributed by atoms with van der Waals surface area (Å²) in [6.45, 7) is 2.99. The predicted molar refractivity (Wildman–Crippen MR) is 103 cm³/mol. The number of aromatic nitrogens is 4. The van der Waals surface area contributed by atoms with Gasteiger partial charge in [-0.25, -0.2) is 15.0 Å². The van der Waals surface area contributed by atoms with Crippen LogP contribution in [0.3, 0.4) is 0 Å². The number of anilines is 1. The van der Waals surface area contributed by atoms with E-state index in [0.717, 1.165) is 36.0 Å². The van der Waals surface area contributed by atoms with Crippen molar-refractivity contribution >= 4 is 11.7 Å². The average Bonchev–Trinajstić information content (AvgIpc) is 3.27. The molecule has 4 rings (SSSR count). The maximum Gasteiger partial charge on any atom is 0.223 e. The maximum absolute atomic E-state index is 12.4. The third kappa shape index (κ3) is 4.13. The van der Waals surface area contributed by atoms with E-state index in [9.17, 15) is 4.79 Å². The van der Waals surface area contributed by atoms with E-state index in [0.29, 0.717) is 25.9 Å². The summed E-state index contributed by atoms with van der Waals surface area (Å²) in [5.74, 6) is 1.83. The van der Waals surface area contributed by atoms with Gasteiger partial charge in [-0.3, -0.25) is 4.79 Å². The highest BCUT2D eigenvalue weighted by molar-refractivity contribution is 5.76. The first-order valence-electron chi connectivity index (χ1n) is 9.18. The summed E-state index contributed by atoms with van der Waals surface area (Å²) in [5.41, 5.74) is 2.00. The highest BCUT2D eigenvalue weighted by Crippen LogP contribution is 2.19. The second-order valence-corrected chi connectivity index (χ2v) is 6.55. The third-order valence-corrected chi connectivity index (χ3v) is 4.79. The van der Waals surface area contributed by atoms with Crippen LogP contribution >= 0.6 is 0 Å². The molecule has 1 aliphatic rings. The van der Waals surface area contributed by atoms with Gasteiger partial charge in [-0.1, -0.05) is 30.3 Å².